The molecule has 182 valence electrons. The smallest absolute Gasteiger partial charge is 0.335 e. The monoisotopic (exact) mass is 474 g/mol. The first-order valence-corrected chi connectivity index (χ1v) is 12.8. The lowest BCUT2D eigenvalue weighted by Crippen LogP contribution is -2.33. The van der Waals surface area contributed by atoms with Crippen molar-refractivity contribution in [1.29, 1.82) is 0 Å². The second-order valence-electron chi connectivity index (χ2n) is 11.4. The number of carbonyl (C=O) groups is 1. The first kappa shape index (κ1) is 24.1. The summed E-state index contributed by atoms with van der Waals surface area (Å²) >= 11 is 0. The Kier molecular flexibility index (Phi) is 5.87. The molecule has 0 spiro atoms. The first-order chi connectivity index (χ1) is 17.1. The van der Waals surface area contributed by atoms with E-state index in [1.165, 1.54) is 51.8 Å². The van der Waals surface area contributed by atoms with Crippen LogP contribution in [0.15, 0.2) is 84.9 Å². The van der Waals surface area contributed by atoms with E-state index in [2.05, 4.69) is 95.3 Å². The van der Waals surface area contributed by atoms with Gasteiger partial charge in [0.2, 0.25) is 0 Å². The third-order valence-electron chi connectivity index (χ3n) is 8.13. The molecule has 4 aromatic carbocycles. The first-order valence-electron chi connectivity index (χ1n) is 12.8. The van der Waals surface area contributed by atoms with E-state index >= 15 is 0 Å². The minimum Gasteiger partial charge on any atom is -0.478 e. The molecule has 0 atom stereocenters. The van der Waals surface area contributed by atoms with Crippen molar-refractivity contribution in [1.82, 2.24) is 0 Å². The normalized spacial score (nSPS) is 15.8. The van der Waals surface area contributed by atoms with Crippen LogP contribution in [0.2, 0.25) is 0 Å². The number of aromatic carboxylic acids is 1. The molecule has 0 saturated heterocycles. The van der Waals surface area contributed by atoms with Crippen molar-refractivity contribution in [3.05, 3.63) is 107 Å². The summed E-state index contributed by atoms with van der Waals surface area (Å²) in [5.41, 5.74) is 11.8. The quantitative estimate of drug-likeness (QED) is 0.320. The van der Waals surface area contributed by atoms with Crippen LogP contribution in [0.4, 0.5) is 0 Å². The van der Waals surface area contributed by atoms with E-state index in [0.29, 0.717) is 5.56 Å². The number of hydrogen-bond donors (Lipinski definition) is 1. The van der Waals surface area contributed by atoms with Crippen molar-refractivity contribution >= 4 is 5.97 Å². The standard InChI is InChI=1S/C34H34O2/c1-22-27(24-11-13-25(14-12-24)32(35)36)16-17-28(23-9-7-6-8-10-23)31(22)26-15-18-29-30(21-26)34(4,5)20-19-33(29,2)3/h6-18,21H,19-20H2,1-5H3,(H,35,36). The molecule has 36 heavy (non-hydrogen) atoms. The van der Waals surface area contributed by atoms with Crippen molar-refractivity contribution in [3.8, 4) is 33.4 Å². The number of carboxylic acids is 1. The molecule has 2 nitrogen and oxygen atoms in total. The zero-order valence-electron chi connectivity index (χ0n) is 21.9. The van der Waals surface area contributed by atoms with Crippen LogP contribution in [0.1, 0.15) is 67.6 Å². The summed E-state index contributed by atoms with van der Waals surface area (Å²) in [5.74, 6) is -0.905. The highest BCUT2D eigenvalue weighted by molar-refractivity contribution is 5.92. The van der Waals surface area contributed by atoms with E-state index < -0.39 is 5.97 Å². The highest BCUT2D eigenvalue weighted by Crippen LogP contribution is 2.48. The van der Waals surface area contributed by atoms with Crippen LogP contribution in [0.25, 0.3) is 33.4 Å². The number of benzene rings is 4. The van der Waals surface area contributed by atoms with Gasteiger partial charge in [-0.2, -0.15) is 0 Å². The molecule has 0 unspecified atom stereocenters. The van der Waals surface area contributed by atoms with Crippen molar-refractivity contribution in [2.24, 2.45) is 0 Å². The molecule has 2 heteroatoms. The predicted octanol–water partition coefficient (Wildman–Crippen LogP) is 9.04. The second kappa shape index (κ2) is 8.78. The van der Waals surface area contributed by atoms with Crippen LogP contribution in [-0.2, 0) is 10.8 Å². The topological polar surface area (TPSA) is 37.3 Å². The lowest BCUT2D eigenvalue weighted by atomic mass is 9.62. The maximum Gasteiger partial charge on any atom is 0.335 e. The van der Waals surface area contributed by atoms with E-state index in [4.69, 9.17) is 0 Å². The third kappa shape index (κ3) is 4.15. The van der Waals surface area contributed by atoms with Gasteiger partial charge >= 0.3 is 5.97 Å². The van der Waals surface area contributed by atoms with Crippen LogP contribution in [0, 0.1) is 6.92 Å². The van der Waals surface area contributed by atoms with Gasteiger partial charge in [0.15, 0.2) is 0 Å². The summed E-state index contributed by atoms with van der Waals surface area (Å²) in [4.78, 5) is 11.4. The predicted molar refractivity (Wildman–Crippen MR) is 150 cm³/mol. The van der Waals surface area contributed by atoms with Gasteiger partial charge < -0.3 is 5.11 Å². The van der Waals surface area contributed by atoms with Crippen molar-refractivity contribution in [2.45, 2.75) is 58.3 Å². The van der Waals surface area contributed by atoms with Gasteiger partial charge in [-0.1, -0.05) is 100 Å². The molecule has 0 aliphatic heterocycles. The number of carboxylic acid groups (broad SMARTS) is 1. The van der Waals surface area contributed by atoms with E-state index in [0.717, 1.165) is 11.1 Å². The van der Waals surface area contributed by atoms with E-state index in [9.17, 15) is 9.90 Å². The summed E-state index contributed by atoms with van der Waals surface area (Å²) < 4.78 is 0. The fourth-order valence-electron chi connectivity index (χ4n) is 5.79. The summed E-state index contributed by atoms with van der Waals surface area (Å²) in [5, 5.41) is 9.33. The van der Waals surface area contributed by atoms with Crippen LogP contribution >= 0.6 is 0 Å². The summed E-state index contributed by atoms with van der Waals surface area (Å²) in [6, 6.07) is 29.2. The molecule has 1 N–H and O–H groups in total. The highest BCUT2D eigenvalue weighted by Gasteiger charge is 2.37. The Morgan fingerprint density at radius 3 is 1.86 bits per heavy atom. The molecule has 0 heterocycles. The zero-order valence-corrected chi connectivity index (χ0v) is 21.9. The van der Waals surface area contributed by atoms with Gasteiger partial charge in [0, 0.05) is 0 Å². The molecule has 4 aromatic rings. The van der Waals surface area contributed by atoms with Gasteiger partial charge in [0.1, 0.15) is 0 Å². The zero-order chi connectivity index (χ0) is 25.7. The van der Waals surface area contributed by atoms with E-state index in [1.807, 2.05) is 12.1 Å². The lowest BCUT2D eigenvalue weighted by Gasteiger charge is -2.42. The van der Waals surface area contributed by atoms with Crippen molar-refractivity contribution in [3.63, 3.8) is 0 Å². The Bertz CT molecular complexity index is 1440. The van der Waals surface area contributed by atoms with Gasteiger partial charge in [0.25, 0.3) is 0 Å². The lowest BCUT2D eigenvalue weighted by molar-refractivity contribution is 0.0697. The Morgan fingerprint density at radius 2 is 1.22 bits per heavy atom. The minimum atomic E-state index is -0.905. The summed E-state index contributed by atoms with van der Waals surface area (Å²) in [7, 11) is 0. The van der Waals surface area contributed by atoms with Gasteiger partial charge in [-0.15, -0.1) is 0 Å². The Balaban J connectivity index is 1.75. The van der Waals surface area contributed by atoms with E-state index in [-0.39, 0.29) is 10.8 Å². The largest absolute Gasteiger partial charge is 0.478 e. The fourth-order valence-corrected chi connectivity index (χ4v) is 5.79. The van der Waals surface area contributed by atoms with Crippen LogP contribution < -0.4 is 0 Å². The molecule has 0 saturated carbocycles. The van der Waals surface area contributed by atoms with Gasteiger partial charge in [-0.05, 0) is 92.8 Å². The molecule has 0 fully saturated rings. The maximum absolute atomic E-state index is 11.4. The second-order valence-corrected chi connectivity index (χ2v) is 11.4. The average Bonchev–Trinajstić information content (AvgIpc) is 2.87. The molecule has 0 bridgehead atoms. The molecule has 0 aromatic heterocycles. The summed E-state index contributed by atoms with van der Waals surface area (Å²) in [6.45, 7) is 11.7. The molecule has 0 amide bonds. The number of fused-ring (bicyclic) bond motifs is 1. The van der Waals surface area contributed by atoms with Gasteiger partial charge in [-0.3, -0.25) is 0 Å². The van der Waals surface area contributed by atoms with Gasteiger partial charge in [0.05, 0.1) is 5.56 Å². The van der Waals surface area contributed by atoms with Gasteiger partial charge in [-0.25, -0.2) is 4.79 Å². The minimum absolute atomic E-state index is 0.131. The molecule has 5 rings (SSSR count). The van der Waals surface area contributed by atoms with E-state index in [1.54, 1.807) is 12.1 Å². The Labute approximate surface area is 214 Å². The maximum atomic E-state index is 11.4. The van der Waals surface area contributed by atoms with Crippen LogP contribution in [0.3, 0.4) is 0 Å². The third-order valence-corrected chi connectivity index (χ3v) is 8.13. The Morgan fingerprint density at radius 1 is 0.667 bits per heavy atom. The van der Waals surface area contributed by atoms with Crippen LogP contribution in [-0.4, -0.2) is 11.1 Å². The van der Waals surface area contributed by atoms with Crippen molar-refractivity contribution in [2.75, 3.05) is 0 Å². The average molecular weight is 475 g/mol. The highest BCUT2D eigenvalue weighted by atomic mass is 16.4. The molecule has 0 radical (unpaired) electrons. The van der Waals surface area contributed by atoms with Crippen molar-refractivity contribution < 1.29 is 9.90 Å². The fraction of sp³-hybridized carbons (Fsp3) is 0.265. The molecular weight excluding hydrogens is 440 g/mol. The summed E-state index contributed by atoms with van der Waals surface area (Å²) in [6.07, 6.45) is 2.37. The molecule has 1 aliphatic carbocycles. The SMILES string of the molecule is Cc1c(-c2ccc(C(=O)O)cc2)ccc(-c2ccccc2)c1-c1ccc2c(c1)C(C)(C)CCC2(C)C. The molecule has 1 aliphatic rings. The number of rotatable bonds is 4. The van der Waals surface area contributed by atoms with Crippen LogP contribution in [0.5, 0.6) is 0 Å². The Hall–Kier alpha value is -3.65. The molecular formula is C34H34O2. The number of hydrogen-bond acceptors (Lipinski definition) is 1.